The Morgan fingerprint density at radius 3 is 2.53 bits per heavy atom. The van der Waals surface area contributed by atoms with Gasteiger partial charge < -0.3 is 4.74 Å². The highest BCUT2D eigenvalue weighted by Crippen LogP contribution is 2.25. The maximum atomic E-state index is 9.08. The third-order valence-electron chi connectivity index (χ3n) is 2.73. The van der Waals surface area contributed by atoms with E-state index in [2.05, 4.69) is 11.1 Å². The van der Waals surface area contributed by atoms with Gasteiger partial charge in [0, 0.05) is 0 Å². The molecule has 1 aromatic heterocycles. The van der Waals surface area contributed by atoms with Gasteiger partial charge in [-0.05, 0) is 25.0 Å². The summed E-state index contributed by atoms with van der Waals surface area (Å²) in [6.07, 6.45) is 0. The Balaban J connectivity index is 2.08. The molecule has 0 amide bonds. The molecule has 2 rings (SSSR count). The Hall–Kier alpha value is -1.86. The van der Waals surface area contributed by atoms with Crippen molar-refractivity contribution >= 4 is 11.3 Å². The van der Waals surface area contributed by atoms with Gasteiger partial charge in [0.2, 0.25) is 0 Å². The zero-order valence-corrected chi connectivity index (χ0v) is 12.1. The molecule has 0 bridgehead atoms. The van der Waals surface area contributed by atoms with E-state index in [0.29, 0.717) is 11.5 Å². The fourth-order valence-corrected chi connectivity index (χ4v) is 2.62. The molecule has 4 heteroatoms. The Morgan fingerprint density at radius 1 is 1.32 bits per heavy atom. The average Bonchev–Trinajstić information content (AvgIpc) is 2.81. The molecule has 0 atom stereocenters. The molecule has 1 aromatic carbocycles. The van der Waals surface area contributed by atoms with Crippen LogP contribution in [0.15, 0.2) is 24.3 Å². The molecule has 0 radical (unpaired) electrons. The average molecular weight is 272 g/mol. The van der Waals surface area contributed by atoms with Gasteiger partial charge in [0.05, 0.1) is 5.69 Å². The van der Waals surface area contributed by atoms with Crippen LogP contribution in [0, 0.1) is 18.3 Å². The van der Waals surface area contributed by atoms with Crippen molar-refractivity contribution < 1.29 is 4.74 Å². The van der Waals surface area contributed by atoms with Crippen LogP contribution >= 0.6 is 11.3 Å². The van der Waals surface area contributed by atoms with E-state index in [1.165, 1.54) is 16.9 Å². The fourth-order valence-electron chi connectivity index (χ4n) is 1.69. The molecule has 0 saturated carbocycles. The molecule has 0 aliphatic rings. The van der Waals surface area contributed by atoms with E-state index in [-0.39, 0.29) is 5.92 Å². The van der Waals surface area contributed by atoms with Crippen LogP contribution in [0.2, 0.25) is 0 Å². The second kappa shape index (κ2) is 5.85. The van der Waals surface area contributed by atoms with Crippen molar-refractivity contribution in [1.82, 2.24) is 4.98 Å². The summed E-state index contributed by atoms with van der Waals surface area (Å²) < 4.78 is 5.68. The molecule has 0 saturated heterocycles. The first kappa shape index (κ1) is 13.6. The third-order valence-corrected chi connectivity index (χ3v) is 3.68. The molecule has 0 spiro atoms. The first-order valence-electron chi connectivity index (χ1n) is 6.19. The summed E-state index contributed by atoms with van der Waals surface area (Å²) in [6, 6.07) is 10.1. The molecule has 0 unspecified atom stereocenters. The summed E-state index contributed by atoms with van der Waals surface area (Å²) in [5.74, 6) is 1.09. The normalized spacial score (nSPS) is 10.5. The van der Waals surface area contributed by atoms with E-state index in [1.807, 2.05) is 45.0 Å². The zero-order valence-electron chi connectivity index (χ0n) is 11.3. The van der Waals surface area contributed by atoms with Crippen LogP contribution < -0.4 is 4.74 Å². The van der Waals surface area contributed by atoms with Crippen LogP contribution in [-0.2, 0) is 6.61 Å². The minimum atomic E-state index is 0.263. The smallest absolute Gasteiger partial charge is 0.140 e. The Kier molecular flexibility index (Phi) is 4.18. The number of thiazole rings is 1. The standard InChI is InChI=1S/C15H16N2OS/c1-10(2)15-13(8-16)19-14(17-15)9-18-12-6-4-11(3)5-7-12/h4-7,10H,9H2,1-3H3. The number of hydrogen-bond donors (Lipinski definition) is 0. The summed E-state index contributed by atoms with van der Waals surface area (Å²) in [6.45, 7) is 6.54. The number of nitrogens with zero attached hydrogens (tertiary/aromatic N) is 2. The Labute approximate surface area is 117 Å². The molecular formula is C15H16N2OS. The van der Waals surface area contributed by atoms with Gasteiger partial charge in [0.25, 0.3) is 0 Å². The summed E-state index contributed by atoms with van der Waals surface area (Å²) in [5.41, 5.74) is 2.07. The predicted molar refractivity (Wildman–Crippen MR) is 76.4 cm³/mol. The lowest BCUT2D eigenvalue weighted by Gasteiger charge is -2.04. The van der Waals surface area contributed by atoms with Gasteiger partial charge in [-0.3, -0.25) is 0 Å². The second-order valence-corrected chi connectivity index (χ2v) is 5.77. The number of rotatable bonds is 4. The van der Waals surface area contributed by atoms with Crippen molar-refractivity contribution in [2.24, 2.45) is 0 Å². The quantitative estimate of drug-likeness (QED) is 0.844. The highest BCUT2D eigenvalue weighted by atomic mass is 32.1. The molecule has 0 aliphatic carbocycles. The van der Waals surface area contributed by atoms with E-state index in [4.69, 9.17) is 10.00 Å². The molecule has 0 fully saturated rings. The molecule has 98 valence electrons. The minimum absolute atomic E-state index is 0.263. The maximum Gasteiger partial charge on any atom is 0.140 e. The van der Waals surface area contributed by atoms with Gasteiger partial charge in [-0.2, -0.15) is 5.26 Å². The van der Waals surface area contributed by atoms with E-state index in [0.717, 1.165) is 16.5 Å². The first-order valence-corrected chi connectivity index (χ1v) is 7.01. The van der Waals surface area contributed by atoms with Gasteiger partial charge in [0.1, 0.15) is 28.3 Å². The molecular weight excluding hydrogens is 256 g/mol. The fraction of sp³-hybridized carbons (Fsp3) is 0.333. The van der Waals surface area contributed by atoms with Crippen LogP contribution in [0.5, 0.6) is 5.75 Å². The summed E-state index contributed by atoms with van der Waals surface area (Å²) >= 11 is 1.41. The number of hydrogen-bond acceptors (Lipinski definition) is 4. The van der Waals surface area contributed by atoms with E-state index >= 15 is 0 Å². The molecule has 0 N–H and O–H groups in total. The highest BCUT2D eigenvalue weighted by molar-refractivity contribution is 7.12. The molecule has 19 heavy (non-hydrogen) atoms. The van der Waals surface area contributed by atoms with Crippen LogP contribution in [0.25, 0.3) is 0 Å². The third kappa shape index (κ3) is 3.33. The van der Waals surface area contributed by atoms with Crippen molar-refractivity contribution in [2.45, 2.75) is 33.3 Å². The Bertz CT molecular complexity index is 594. The van der Waals surface area contributed by atoms with E-state index in [9.17, 15) is 0 Å². The topological polar surface area (TPSA) is 45.9 Å². The maximum absolute atomic E-state index is 9.08. The van der Waals surface area contributed by atoms with Crippen molar-refractivity contribution in [3.8, 4) is 11.8 Å². The number of ether oxygens (including phenoxy) is 1. The van der Waals surface area contributed by atoms with Crippen LogP contribution in [0.4, 0.5) is 0 Å². The summed E-state index contributed by atoms with van der Waals surface area (Å²) in [7, 11) is 0. The molecule has 2 aromatic rings. The number of nitriles is 1. The largest absolute Gasteiger partial charge is 0.486 e. The SMILES string of the molecule is Cc1ccc(OCc2nc(C(C)C)c(C#N)s2)cc1. The van der Waals surface area contributed by atoms with Crippen LogP contribution in [-0.4, -0.2) is 4.98 Å². The van der Waals surface area contributed by atoms with Gasteiger partial charge in [-0.15, -0.1) is 11.3 Å². The van der Waals surface area contributed by atoms with Crippen molar-refractivity contribution in [2.75, 3.05) is 0 Å². The molecule has 1 heterocycles. The van der Waals surface area contributed by atoms with E-state index in [1.54, 1.807) is 0 Å². The van der Waals surface area contributed by atoms with Crippen molar-refractivity contribution in [1.29, 1.82) is 5.26 Å². The van der Waals surface area contributed by atoms with Crippen molar-refractivity contribution in [3.05, 3.63) is 45.4 Å². The molecule has 3 nitrogen and oxygen atoms in total. The van der Waals surface area contributed by atoms with Gasteiger partial charge in [-0.25, -0.2) is 4.98 Å². The lowest BCUT2D eigenvalue weighted by atomic mass is 10.1. The monoisotopic (exact) mass is 272 g/mol. The molecule has 0 aliphatic heterocycles. The zero-order chi connectivity index (χ0) is 13.8. The van der Waals surface area contributed by atoms with Crippen molar-refractivity contribution in [3.63, 3.8) is 0 Å². The van der Waals surface area contributed by atoms with E-state index < -0.39 is 0 Å². The number of aromatic nitrogens is 1. The number of benzene rings is 1. The van der Waals surface area contributed by atoms with Crippen LogP contribution in [0.3, 0.4) is 0 Å². The minimum Gasteiger partial charge on any atom is -0.486 e. The van der Waals surface area contributed by atoms with Gasteiger partial charge in [0.15, 0.2) is 0 Å². The highest BCUT2D eigenvalue weighted by Gasteiger charge is 2.14. The predicted octanol–water partition coefficient (Wildman–Crippen LogP) is 4.03. The summed E-state index contributed by atoms with van der Waals surface area (Å²) in [5, 5.41) is 9.92. The first-order chi connectivity index (χ1) is 9.10. The van der Waals surface area contributed by atoms with Crippen LogP contribution in [0.1, 0.15) is 40.9 Å². The van der Waals surface area contributed by atoms with Gasteiger partial charge >= 0.3 is 0 Å². The second-order valence-electron chi connectivity index (χ2n) is 4.69. The lowest BCUT2D eigenvalue weighted by Crippen LogP contribution is -1.96. The lowest BCUT2D eigenvalue weighted by molar-refractivity contribution is 0.305. The summed E-state index contributed by atoms with van der Waals surface area (Å²) in [4.78, 5) is 5.18. The van der Waals surface area contributed by atoms with Gasteiger partial charge in [-0.1, -0.05) is 31.5 Å². The number of aryl methyl sites for hydroxylation is 1. The Morgan fingerprint density at radius 2 is 2.00 bits per heavy atom.